The quantitative estimate of drug-likeness (QED) is 0.674. The summed E-state index contributed by atoms with van der Waals surface area (Å²) in [5, 5.41) is 10.1. The lowest BCUT2D eigenvalue weighted by Gasteiger charge is -2.07. The molecule has 0 aliphatic heterocycles. The van der Waals surface area contributed by atoms with E-state index in [2.05, 4.69) is 15.9 Å². The lowest BCUT2D eigenvalue weighted by atomic mass is 10.2. The number of carboxylic acid groups (broad SMARTS) is 1. The summed E-state index contributed by atoms with van der Waals surface area (Å²) < 4.78 is 0.565. The first-order valence-electron chi connectivity index (χ1n) is 5.57. The summed E-state index contributed by atoms with van der Waals surface area (Å²) in [6.07, 6.45) is 0. The van der Waals surface area contributed by atoms with Crippen molar-refractivity contribution in [2.75, 3.05) is 0 Å². The van der Waals surface area contributed by atoms with Gasteiger partial charge in [-0.2, -0.15) is 0 Å². The van der Waals surface area contributed by atoms with Crippen molar-refractivity contribution < 1.29 is 9.90 Å². The van der Waals surface area contributed by atoms with Crippen molar-refractivity contribution in [1.82, 2.24) is 0 Å². The maximum absolute atomic E-state index is 11.1. The molecule has 0 spiro atoms. The standard InChI is InChI=1S/C14H9BrCl2O2S/c15-11-5-4-9(6-10(11)14(18)19)20-7-8-2-1-3-12(16)13(8)17/h1-6H,7H2,(H,18,19). The van der Waals surface area contributed by atoms with Crippen molar-refractivity contribution in [3.05, 3.63) is 62.0 Å². The maximum atomic E-state index is 11.1. The fourth-order valence-corrected chi connectivity index (χ4v) is 3.39. The topological polar surface area (TPSA) is 37.3 Å². The Morgan fingerprint density at radius 3 is 2.70 bits per heavy atom. The predicted octanol–water partition coefficient (Wildman–Crippen LogP) is 5.75. The van der Waals surface area contributed by atoms with Gasteiger partial charge in [-0.1, -0.05) is 35.3 Å². The molecule has 1 N–H and O–H groups in total. The van der Waals surface area contributed by atoms with Gasteiger partial charge in [0.1, 0.15) is 0 Å². The minimum atomic E-state index is -0.958. The molecule has 2 aromatic carbocycles. The first-order valence-corrected chi connectivity index (χ1v) is 8.11. The van der Waals surface area contributed by atoms with Crippen LogP contribution in [0.15, 0.2) is 45.8 Å². The van der Waals surface area contributed by atoms with E-state index in [9.17, 15) is 4.79 Å². The Morgan fingerprint density at radius 1 is 1.25 bits per heavy atom. The molecule has 0 unspecified atom stereocenters. The van der Waals surface area contributed by atoms with Crippen LogP contribution < -0.4 is 0 Å². The van der Waals surface area contributed by atoms with Crippen LogP contribution in [0.2, 0.25) is 10.0 Å². The van der Waals surface area contributed by atoms with Crippen molar-refractivity contribution in [1.29, 1.82) is 0 Å². The van der Waals surface area contributed by atoms with E-state index in [4.69, 9.17) is 28.3 Å². The Hall–Kier alpha value is -0.680. The third-order valence-electron chi connectivity index (χ3n) is 2.59. The highest BCUT2D eigenvalue weighted by Gasteiger charge is 2.10. The summed E-state index contributed by atoms with van der Waals surface area (Å²) >= 11 is 16.8. The number of halogens is 3. The highest BCUT2D eigenvalue weighted by Crippen LogP contribution is 2.32. The first kappa shape index (κ1) is 15.7. The van der Waals surface area contributed by atoms with Gasteiger partial charge in [0.2, 0.25) is 0 Å². The van der Waals surface area contributed by atoms with Crippen LogP contribution in [-0.4, -0.2) is 11.1 Å². The lowest BCUT2D eigenvalue weighted by molar-refractivity contribution is 0.0695. The molecular weight excluding hydrogens is 383 g/mol. The van der Waals surface area contributed by atoms with E-state index in [0.717, 1.165) is 10.5 Å². The Bertz CT molecular complexity index is 662. The zero-order valence-corrected chi connectivity index (χ0v) is 14.0. The molecule has 0 aliphatic rings. The monoisotopic (exact) mass is 390 g/mol. The normalized spacial score (nSPS) is 10.6. The van der Waals surface area contributed by atoms with Gasteiger partial charge in [-0.05, 0) is 45.8 Å². The van der Waals surface area contributed by atoms with Crippen molar-refractivity contribution in [3.8, 4) is 0 Å². The van der Waals surface area contributed by atoms with Gasteiger partial charge in [0, 0.05) is 15.1 Å². The van der Waals surface area contributed by atoms with Crippen LogP contribution in [0.3, 0.4) is 0 Å². The summed E-state index contributed by atoms with van der Waals surface area (Å²) in [4.78, 5) is 11.9. The SMILES string of the molecule is O=C(O)c1cc(SCc2cccc(Cl)c2Cl)ccc1Br. The number of carboxylic acids is 1. The largest absolute Gasteiger partial charge is 0.478 e. The van der Waals surface area contributed by atoms with Crippen LogP contribution in [-0.2, 0) is 5.75 Å². The summed E-state index contributed by atoms with van der Waals surface area (Å²) in [5.74, 6) is -0.333. The highest BCUT2D eigenvalue weighted by molar-refractivity contribution is 9.10. The Morgan fingerprint density at radius 2 is 2.00 bits per heavy atom. The van der Waals surface area contributed by atoms with Crippen molar-refractivity contribution in [3.63, 3.8) is 0 Å². The van der Waals surface area contributed by atoms with Crippen LogP contribution in [0.4, 0.5) is 0 Å². The number of hydrogen-bond donors (Lipinski definition) is 1. The van der Waals surface area contributed by atoms with Gasteiger partial charge in [0.25, 0.3) is 0 Å². The van der Waals surface area contributed by atoms with E-state index in [-0.39, 0.29) is 5.56 Å². The number of hydrogen-bond acceptors (Lipinski definition) is 2. The van der Waals surface area contributed by atoms with Gasteiger partial charge >= 0.3 is 5.97 Å². The van der Waals surface area contributed by atoms with Gasteiger partial charge < -0.3 is 5.11 Å². The molecular formula is C14H9BrCl2O2S. The highest BCUT2D eigenvalue weighted by atomic mass is 79.9. The molecule has 0 radical (unpaired) electrons. The Kier molecular flexibility index (Phi) is 5.38. The number of thioether (sulfide) groups is 1. The van der Waals surface area contributed by atoms with Gasteiger partial charge in [0.15, 0.2) is 0 Å². The second kappa shape index (κ2) is 6.85. The van der Waals surface area contributed by atoms with Crippen molar-refractivity contribution in [2.24, 2.45) is 0 Å². The summed E-state index contributed by atoms with van der Waals surface area (Å²) in [7, 11) is 0. The molecule has 0 bridgehead atoms. The smallest absolute Gasteiger partial charge is 0.336 e. The molecule has 0 saturated carbocycles. The molecule has 2 nitrogen and oxygen atoms in total. The molecule has 2 rings (SSSR count). The van der Waals surface area contributed by atoms with Crippen LogP contribution in [0.1, 0.15) is 15.9 Å². The van der Waals surface area contributed by atoms with Gasteiger partial charge in [-0.3, -0.25) is 0 Å². The number of aromatic carboxylic acids is 1. The zero-order valence-electron chi connectivity index (χ0n) is 10.1. The van der Waals surface area contributed by atoms with Crippen LogP contribution in [0.25, 0.3) is 0 Å². The maximum Gasteiger partial charge on any atom is 0.336 e. The molecule has 0 aromatic heterocycles. The third-order valence-corrected chi connectivity index (χ3v) is 5.19. The Labute approximate surface area is 139 Å². The second-order valence-electron chi connectivity index (χ2n) is 3.95. The van der Waals surface area contributed by atoms with Gasteiger partial charge in [-0.15, -0.1) is 11.8 Å². The second-order valence-corrected chi connectivity index (χ2v) is 6.64. The number of rotatable bonds is 4. The van der Waals surface area contributed by atoms with Crippen molar-refractivity contribution in [2.45, 2.75) is 10.6 Å². The van der Waals surface area contributed by atoms with Gasteiger partial charge in [-0.25, -0.2) is 4.79 Å². The minimum Gasteiger partial charge on any atom is -0.478 e. The molecule has 0 aliphatic carbocycles. The number of carbonyl (C=O) groups is 1. The average Bonchev–Trinajstić information content (AvgIpc) is 2.41. The van der Waals surface area contributed by atoms with E-state index >= 15 is 0 Å². The molecule has 0 amide bonds. The molecule has 104 valence electrons. The summed E-state index contributed by atoms with van der Waals surface area (Å²) in [6.45, 7) is 0. The number of benzene rings is 2. The fraction of sp³-hybridized carbons (Fsp3) is 0.0714. The fourth-order valence-electron chi connectivity index (χ4n) is 1.58. The van der Waals surface area contributed by atoms with Crippen LogP contribution >= 0.6 is 50.9 Å². The lowest BCUT2D eigenvalue weighted by Crippen LogP contribution is -1.97. The van der Waals surface area contributed by atoms with Gasteiger partial charge in [0.05, 0.1) is 15.6 Å². The van der Waals surface area contributed by atoms with E-state index in [1.54, 1.807) is 18.2 Å². The predicted molar refractivity (Wildman–Crippen MR) is 87.1 cm³/mol. The molecule has 2 aromatic rings. The zero-order chi connectivity index (χ0) is 14.7. The molecule has 0 atom stereocenters. The minimum absolute atomic E-state index is 0.243. The molecule has 0 saturated heterocycles. The average molecular weight is 392 g/mol. The molecule has 0 fully saturated rings. The molecule has 0 heterocycles. The Balaban J connectivity index is 2.17. The van der Waals surface area contributed by atoms with Crippen LogP contribution in [0, 0.1) is 0 Å². The summed E-state index contributed by atoms with van der Waals surface area (Å²) in [6, 6.07) is 10.7. The van der Waals surface area contributed by atoms with E-state index in [1.807, 2.05) is 18.2 Å². The van der Waals surface area contributed by atoms with E-state index < -0.39 is 5.97 Å². The van der Waals surface area contributed by atoms with E-state index in [0.29, 0.717) is 20.3 Å². The first-order chi connectivity index (χ1) is 9.49. The molecule has 20 heavy (non-hydrogen) atoms. The van der Waals surface area contributed by atoms with Crippen LogP contribution in [0.5, 0.6) is 0 Å². The summed E-state index contributed by atoms with van der Waals surface area (Å²) in [5.41, 5.74) is 1.16. The van der Waals surface area contributed by atoms with E-state index in [1.165, 1.54) is 11.8 Å². The molecule has 6 heteroatoms. The third kappa shape index (κ3) is 3.70. The van der Waals surface area contributed by atoms with Crippen molar-refractivity contribution >= 4 is 56.9 Å².